The van der Waals surface area contributed by atoms with E-state index < -0.39 is 32.8 Å². The van der Waals surface area contributed by atoms with Crippen LogP contribution in [0.25, 0.3) is 0 Å². The zero-order chi connectivity index (χ0) is 14.5. The molecule has 0 atom stereocenters. The van der Waals surface area contributed by atoms with Crippen molar-refractivity contribution in [3.8, 4) is 0 Å². The fourth-order valence-corrected chi connectivity index (χ4v) is 1.53. The number of non-ortho nitro benzene ring substituents is 1. The van der Waals surface area contributed by atoms with E-state index in [0.29, 0.717) is 6.07 Å². The molecule has 1 N–H and O–H groups in total. The molecule has 0 aliphatic rings. The van der Waals surface area contributed by atoms with Gasteiger partial charge in [-0.3, -0.25) is 20.2 Å². The lowest BCUT2D eigenvalue weighted by Crippen LogP contribution is -2.02. The number of carboxylic acids is 1. The minimum absolute atomic E-state index is 0.296. The quantitative estimate of drug-likeness (QED) is 0.674. The van der Waals surface area contributed by atoms with Gasteiger partial charge < -0.3 is 5.11 Å². The SMILES string of the molecule is CC.O=C(O)c1cc([N+](=O)[O-])cc([N+](=O)[O-])c1Br. The minimum Gasteiger partial charge on any atom is -0.478 e. The number of nitro groups is 2. The zero-order valence-corrected chi connectivity index (χ0v) is 11.0. The lowest BCUT2D eigenvalue weighted by molar-refractivity contribution is -0.394. The van der Waals surface area contributed by atoms with Crippen molar-refractivity contribution < 1.29 is 19.7 Å². The number of halogens is 1. The van der Waals surface area contributed by atoms with Crippen molar-refractivity contribution in [2.45, 2.75) is 13.8 Å². The smallest absolute Gasteiger partial charge is 0.337 e. The molecular formula is C9H9BrN2O6. The molecule has 8 nitrogen and oxygen atoms in total. The van der Waals surface area contributed by atoms with Crippen LogP contribution in [-0.2, 0) is 0 Å². The Labute approximate surface area is 110 Å². The van der Waals surface area contributed by atoms with Gasteiger partial charge in [0.2, 0.25) is 0 Å². The van der Waals surface area contributed by atoms with Crippen LogP contribution in [0.15, 0.2) is 16.6 Å². The average molecular weight is 321 g/mol. The standard InChI is InChI=1S/C7H3BrN2O6.C2H6/c8-6-4(7(11)12)1-3(9(13)14)2-5(6)10(15)16;1-2/h1-2H,(H,11,12);1-2H3. The van der Waals surface area contributed by atoms with E-state index in [9.17, 15) is 25.0 Å². The van der Waals surface area contributed by atoms with Gasteiger partial charge in [-0.15, -0.1) is 0 Å². The maximum absolute atomic E-state index is 10.7. The number of nitrogens with zero attached hydrogens (tertiary/aromatic N) is 2. The maximum Gasteiger partial charge on any atom is 0.337 e. The molecule has 18 heavy (non-hydrogen) atoms. The molecule has 1 aromatic rings. The van der Waals surface area contributed by atoms with Gasteiger partial charge >= 0.3 is 5.97 Å². The summed E-state index contributed by atoms with van der Waals surface area (Å²) in [7, 11) is 0. The molecule has 0 heterocycles. The molecule has 0 saturated carbocycles. The molecule has 0 unspecified atom stereocenters. The van der Waals surface area contributed by atoms with E-state index in [2.05, 4.69) is 15.9 Å². The summed E-state index contributed by atoms with van der Waals surface area (Å²) in [5, 5.41) is 29.7. The molecule has 0 aliphatic heterocycles. The Kier molecular flexibility index (Phi) is 5.89. The predicted molar refractivity (Wildman–Crippen MR) is 65.8 cm³/mol. The molecule has 1 rings (SSSR count). The summed E-state index contributed by atoms with van der Waals surface area (Å²) in [6, 6.07) is 1.44. The fourth-order valence-electron chi connectivity index (χ4n) is 0.988. The topological polar surface area (TPSA) is 124 Å². The van der Waals surface area contributed by atoms with Crippen molar-refractivity contribution in [1.29, 1.82) is 0 Å². The Morgan fingerprint density at radius 2 is 1.72 bits per heavy atom. The summed E-state index contributed by atoms with van der Waals surface area (Å²) in [5.74, 6) is -1.49. The number of aromatic carboxylic acids is 1. The first-order chi connectivity index (χ1) is 8.34. The van der Waals surface area contributed by atoms with E-state index in [-0.39, 0.29) is 4.47 Å². The predicted octanol–water partition coefficient (Wildman–Crippen LogP) is 2.99. The van der Waals surface area contributed by atoms with Gasteiger partial charge in [0.15, 0.2) is 0 Å². The molecular weight excluding hydrogens is 312 g/mol. The molecule has 0 fully saturated rings. The summed E-state index contributed by atoms with van der Waals surface area (Å²) >= 11 is 2.72. The lowest BCUT2D eigenvalue weighted by Gasteiger charge is -2.00. The molecule has 1 aromatic carbocycles. The second-order valence-corrected chi connectivity index (χ2v) is 3.44. The number of benzene rings is 1. The van der Waals surface area contributed by atoms with Crippen LogP contribution in [0, 0.1) is 20.2 Å². The van der Waals surface area contributed by atoms with Gasteiger partial charge in [-0.05, 0) is 15.9 Å². The van der Waals surface area contributed by atoms with Crippen molar-refractivity contribution in [2.75, 3.05) is 0 Å². The summed E-state index contributed by atoms with van der Waals surface area (Å²) < 4.78 is -0.296. The summed E-state index contributed by atoms with van der Waals surface area (Å²) in [4.78, 5) is 29.9. The third kappa shape index (κ3) is 3.48. The third-order valence-electron chi connectivity index (χ3n) is 1.68. The van der Waals surface area contributed by atoms with Gasteiger partial charge in [-0.2, -0.15) is 0 Å². The molecule has 0 bridgehead atoms. The van der Waals surface area contributed by atoms with Crippen LogP contribution in [-0.4, -0.2) is 20.9 Å². The Balaban J connectivity index is 0.00000137. The Bertz CT molecular complexity index is 467. The highest BCUT2D eigenvalue weighted by Gasteiger charge is 2.25. The van der Waals surface area contributed by atoms with Gasteiger partial charge in [0, 0.05) is 6.07 Å². The Morgan fingerprint density at radius 3 is 2.06 bits per heavy atom. The molecule has 0 amide bonds. The first kappa shape index (κ1) is 16.0. The molecule has 0 aliphatic carbocycles. The summed E-state index contributed by atoms with van der Waals surface area (Å²) in [6.07, 6.45) is 0. The summed E-state index contributed by atoms with van der Waals surface area (Å²) in [5.41, 5.74) is -1.83. The first-order valence-corrected chi connectivity index (χ1v) is 5.49. The lowest BCUT2D eigenvalue weighted by atomic mass is 10.2. The highest BCUT2D eigenvalue weighted by Crippen LogP contribution is 2.32. The van der Waals surface area contributed by atoms with E-state index in [1.807, 2.05) is 13.8 Å². The molecule has 0 aromatic heterocycles. The highest BCUT2D eigenvalue weighted by molar-refractivity contribution is 9.10. The van der Waals surface area contributed by atoms with Crippen molar-refractivity contribution in [1.82, 2.24) is 0 Å². The molecule has 0 radical (unpaired) electrons. The fraction of sp³-hybridized carbons (Fsp3) is 0.222. The average Bonchev–Trinajstić information content (AvgIpc) is 2.30. The largest absolute Gasteiger partial charge is 0.478 e. The van der Waals surface area contributed by atoms with E-state index >= 15 is 0 Å². The second-order valence-electron chi connectivity index (χ2n) is 2.65. The van der Waals surface area contributed by atoms with Crippen LogP contribution in [0.3, 0.4) is 0 Å². The number of nitro benzene ring substituents is 2. The van der Waals surface area contributed by atoms with Gasteiger partial charge in [-0.25, -0.2) is 4.79 Å². The molecule has 9 heteroatoms. The van der Waals surface area contributed by atoms with Crippen LogP contribution >= 0.6 is 15.9 Å². The van der Waals surface area contributed by atoms with Crippen molar-refractivity contribution in [2.24, 2.45) is 0 Å². The highest BCUT2D eigenvalue weighted by atomic mass is 79.9. The van der Waals surface area contributed by atoms with Crippen LogP contribution < -0.4 is 0 Å². The van der Waals surface area contributed by atoms with Crippen LogP contribution in [0.5, 0.6) is 0 Å². The number of carbonyl (C=O) groups is 1. The van der Waals surface area contributed by atoms with Crippen LogP contribution in [0.4, 0.5) is 11.4 Å². The normalized spacial score (nSPS) is 9.06. The van der Waals surface area contributed by atoms with Gasteiger partial charge in [0.05, 0.1) is 21.5 Å². The van der Waals surface area contributed by atoms with E-state index in [1.165, 1.54) is 0 Å². The van der Waals surface area contributed by atoms with Crippen molar-refractivity contribution in [3.63, 3.8) is 0 Å². The van der Waals surface area contributed by atoms with E-state index in [1.54, 1.807) is 0 Å². The molecule has 0 saturated heterocycles. The van der Waals surface area contributed by atoms with E-state index in [4.69, 9.17) is 5.11 Å². The van der Waals surface area contributed by atoms with Crippen molar-refractivity contribution in [3.05, 3.63) is 42.4 Å². The number of carboxylic acid groups (broad SMARTS) is 1. The number of hydrogen-bond acceptors (Lipinski definition) is 5. The van der Waals surface area contributed by atoms with Gasteiger partial charge in [0.25, 0.3) is 11.4 Å². The first-order valence-electron chi connectivity index (χ1n) is 4.70. The van der Waals surface area contributed by atoms with Crippen LogP contribution in [0.2, 0.25) is 0 Å². The van der Waals surface area contributed by atoms with Gasteiger partial charge in [0.1, 0.15) is 4.47 Å². The Hall–Kier alpha value is -2.03. The Morgan fingerprint density at radius 1 is 1.22 bits per heavy atom. The second kappa shape index (κ2) is 6.64. The van der Waals surface area contributed by atoms with Gasteiger partial charge in [-0.1, -0.05) is 13.8 Å². The zero-order valence-electron chi connectivity index (χ0n) is 9.42. The number of hydrogen-bond donors (Lipinski definition) is 1. The number of rotatable bonds is 3. The minimum atomic E-state index is -1.49. The summed E-state index contributed by atoms with van der Waals surface area (Å²) in [6.45, 7) is 4.00. The molecule has 0 spiro atoms. The monoisotopic (exact) mass is 320 g/mol. The maximum atomic E-state index is 10.7. The van der Waals surface area contributed by atoms with E-state index in [0.717, 1.165) is 6.07 Å². The third-order valence-corrected chi connectivity index (χ3v) is 2.51. The van der Waals surface area contributed by atoms with Crippen LogP contribution in [0.1, 0.15) is 24.2 Å². The molecule has 98 valence electrons. The van der Waals surface area contributed by atoms with Crippen molar-refractivity contribution >= 4 is 33.3 Å².